The lowest BCUT2D eigenvalue weighted by molar-refractivity contribution is -0.122. The molecule has 1 amide bonds. The van der Waals surface area contributed by atoms with Crippen molar-refractivity contribution in [2.75, 3.05) is 12.8 Å². The normalized spacial score (nSPS) is 26.6. The molecule has 126 valence electrons. The number of nitrogens with one attached hydrogen (secondary N) is 1. The van der Waals surface area contributed by atoms with Crippen molar-refractivity contribution in [3.8, 4) is 0 Å². The van der Waals surface area contributed by atoms with E-state index in [2.05, 4.69) is 5.32 Å². The van der Waals surface area contributed by atoms with Crippen molar-refractivity contribution in [2.24, 2.45) is 11.8 Å². The fourth-order valence-electron chi connectivity index (χ4n) is 3.91. The molecule has 2 bridgehead atoms. The minimum Gasteiger partial charge on any atom is -0.352 e. The highest BCUT2D eigenvalue weighted by Crippen LogP contribution is 2.44. The number of amides is 1. The largest absolute Gasteiger partial charge is 0.352 e. The van der Waals surface area contributed by atoms with Crippen LogP contribution < -0.4 is 5.32 Å². The monoisotopic (exact) mass is 336 g/mol. The topological polar surface area (TPSA) is 66.5 Å². The van der Waals surface area contributed by atoms with E-state index in [1.807, 2.05) is 30.3 Å². The first-order valence-electron chi connectivity index (χ1n) is 8.20. The number of hydrogen-bond acceptors (Lipinski definition) is 3. The Balaban J connectivity index is 1.61. The molecule has 2 aliphatic rings. The summed E-state index contributed by atoms with van der Waals surface area (Å²) in [5.41, 5.74) is 0.880. The van der Waals surface area contributed by atoms with Gasteiger partial charge in [0.1, 0.15) is 0 Å². The van der Waals surface area contributed by atoms with Gasteiger partial charge in [-0.25, -0.2) is 8.42 Å². The van der Waals surface area contributed by atoms with E-state index in [9.17, 15) is 13.2 Å². The highest BCUT2D eigenvalue weighted by atomic mass is 32.2. The van der Waals surface area contributed by atoms with Gasteiger partial charge in [-0.2, -0.15) is 4.31 Å². The summed E-state index contributed by atoms with van der Waals surface area (Å²) in [5, 5.41) is 3.05. The van der Waals surface area contributed by atoms with E-state index in [0.717, 1.165) is 24.2 Å². The van der Waals surface area contributed by atoms with E-state index >= 15 is 0 Å². The number of fused-ring (bicyclic) bond motifs is 2. The number of rotatable bonds is 6. The number of benzene rings is 1. The second kappa shape index (κ2) is 6.61. The van der Waals surface area contributed by atoms with Crippen molar-refractivity contribution in [2.45, 2.75) is 38.3 Å². The Morgan fingerprint density at radius 3 is 2.52 bits per heavy atom. The van der Waals surface area contributed by atoms with Gasteiger partial charge in [0.25, 0.3) is 0 Å². The number of carbonyl (C=O) groups excluding carboxylic acids is 1. The predicted molar refractivity (Wildman–Crippen MR) is 89.1 cm³/mol. The van der Waals surface area contributed by atoms with Crippen LogP contribution in [0, 0.1) is 11.8 Å². The maximum absolute atomic E-state index is 12.3. The van der Waals surface area contributed by atoms with Gasteiger partial charge in [0, 0.05) is 12.6 Å². The lowest BCUT2D eigenvalue weighted by atomic mass is 9.95. The molecule has 3 atom stereocenters. The summed E-state index contributed by atoms with van der Waals surface area (Å²) in [5.74, 6) is 1.15. The summed E-state index contributed by atoms with van der Waals surface area (Å²) in [4.78, 5) is 12.3. The Bertz CT molecular complexity index is 660. The molecule has 23 heavy (non-hydrogen) atoms. The van der Waals surface area contributed by atoms with E-state index in [1.54, 1.807) is 0 Å². The summed E-state index contributed by atoms with van der Waals surface area (Å²) in [6, 6.07) is 9.59. The molecular weight excluding hydrogens is 312 g/mol. The second-order valence-corrected chi connectivity index (χ2v) is 8.85. The van der Waals surface area contributed by atoms with Crippen molar-refractivity contribution in [1.82, 2.24) is 9.62 Å². The van der Waals surface area contributed by atoms with Gasteiger partial charge in [0.05, 0.1) is 12.8 Å². The van der Waals surface area contributed by atoms with Gasteiger partial charge < -0.3 is 5.32 Å². The standard InChI is InChI=1S/C17H24N2O3S/c1-23(21,22)19(11-13-5-3-2-4-6-13)12-17(20)18-16-10-14-7-8-15(16)9-14/h2-6,14-16H,7-12H2,1H3,(H,18,20)/t14-,15-,16-/m1/s1. The first-order chi connectivity index (χ1) is 10.9. The van der Waals surface area contributed by atoms with Crippen LogP contribution in [-0.2, 0) is 21.4 Å². The zero-order chi connectivity index (χ0) is 16.4. The Labute approximate surface area is 138 Å². The molecule has 3 rings (SSSR count). The quantitative estimate of drug-likeness (QED) is 0.861. The average molecular weight is 336 g/mol. The fraction of sp³-hybridized carbons (Fsp3) is 0.588. The van der Waals surface area contributed by atoms with Crippen LogP contribution in [0.4, 0.5) is 0 Å². The zero-order valence-electron chi connectivity index (χ0n) is 13.4. The number of sulfonamides is 1. The molecule has 6 heteroatoms. The third-order valence-electron chi connectivity index (χ3n) is 5.08. The van der Waals surface area contributed by atoms with Crippen molar-refractivity contribution in [3.63, 3.8) is 0 Å². The fourth-order valence-corrected chi connectivity index (χ4v) is 4.65. The summed E-state index contributed by atoms with van der Waals surface area (Å²) in [6.07, 6.45) is 5.88. The molecule has 0 aliphatic heterocycles. The third kappa shape index (κ3) is 4.12. The van der Waals surface area contributed by atoms with Crippen LogP contribution in [0.15, 0.2) is 30.3 Å². The van der Waals surface area contributed by atoms with Crippen molar-refractivity contribution >= 4 is 15.9 Å². The molecule has 1 N–H and O–H groups in total. The first kappa shape index (κ1) is 16.5. The van der Waals surface area contributed by atoms with Gasteiger partial charge in [-0.15, -0.1) is 0 Å². The number of hydrogen-bond donors (Lipinski definition) is 1. The van der Waals surface area contributed by atoms with E-state index in [1.165, 1.54) is 23.6 Å². The van der Waals surface area contributed by atoms with Crippen LogP contribution in [0.2, 0.25) is 0 Å². The molecule has 2 saturated carbocycles. The summed E-state index contributed by atoms with van der Waals surface area (Å²) >= 11 is 0. The Morgan fingerprint density at radius 2 is 1.96 bits per heavy atom. The van der Waals surface area contributed by atoms with E-state index in [-0.39, 0.29) is 25.0 Å². The lowest BCUT2D eigenvalue weighted by Gasteiger charge is -2.25. The van der Waals surface area contributed by atoms with Crippen LogP contribution in [0.1, 0.15) is 31.2 Å². The van der Waals surface area contributed by atoms with Gasteiger partial charge in [0.2, 0.25) is 15.9 Å². The van der Waals surface area contributed by atoms with Crippen molar-refractivity contribution in [3.05, 3.63) is 35.9 Å². The molecule has 5 nitrogen and oxygen atoms in total. The van der Waals surface area contributed by atoms with Gasteiger partial charge in [-0.1, -0.05) is 36.8 Å². The predicted octanol–water partition coefficient (Wildman–Crippen LogP) is 1.75. The van der Waals surface area contributed by atoms with Gasteiger partial charge >= 0.3 is 0 Å². The molecule has 1 aromatic carbocycles. The smallest absolute Gasteiger partial charge is 0.235 e. The van der Waals surface area contributed by atoms with Crippen LogP contribution in [0.25, 0.3) is 0 Å². The van der Waals surface area contributed by atoms with Crippen LogP contribution in [0.3, 0.4) is 0 Å². The summed E-state index contributed by atoms with van der Waals surface area (Å²) in [6.45, 7) is 0.116. The molecule has 2 fully saturated rings. The summed E-state index contributed by atoms with van der Waals surface area (Å²) < 4.78 is 25.2. The minimum absolute atomic E-state index is 0.110. The zero-order valence-corrected chi connectivity index (χ0v) is 14.3. The third-order valence-corrected chi connectivity index (χ3v) is 6.27. The first-order valence-corrected chi connectivity index (χ1v) is 10.0. The van der Waals surface area contributed by atoms with E-state index < -0.39 is 10.0 Å². The Kier molecular flexibility index (Phi) is 4.73. The number of nitrogens with zero attached hydrogens (tertiary/aromatic N) is 1. The highest BCUT2D eigenvalue weighted by Gasteiger charge is 2.40. The molecule has 0 unspecified atom stereocenters. The van der Waals surface area contributed by atoms with Crippen LogP contribution in [0.5, 0.6) is 0 Å². The molecule has 0 heterocycles. The van der Waals surface area contributed by atoms with E-state index in [0.29, 0.717) is 5.92 Å². The highest BCUT2D eigenvalue weighted by molar-refractivity contribution is 7.88. The van der Waals surface area contributed by atoms with Crippen molar-refractivity contribution in [1.29, 1.82) is 0 Å². The SMILES string of the molecule is CS(=O)(=O)N(CC(=O)N[C@@H]1C[C@@H]2CC[C@@H]1C2)Cc1ccccc1. The lowest BCUT2D eigenvalue weighted by Crippen LogP contribution is -2.45. The molecular formula is C17H24N2O3S. The molecule has 0 radical (unpaired) electrons. The average Bonchev–Trinajstić information content (AvgIpc) is 3.09. The maximum Gasteiger partial charge on any atom is 0.235 e. The second-order valence-electron chi connectivity index (χ2n) is 6.87. The maximum atomic E-state index is 12.3. The molecule has 1 aromatic rings. The molecule has 0 spiro atoms. The molecule has 0 aromatic heterocycles. The molecule has 0 saturated heterocycles. The minimum atomic E-state index is -3.43. The van der Waals surface area contributed by atoms with Gasteiger partial charge in [-0.05, 0) is 36.7 Å². The Morgan fingerprint density at radius 1 is 1.22 bits per heavy atom. The molecule has 2 aliphatic carbocycles. The van der Waals surface area contributed by atoms with Crippen molar-refractivity contribution < 1.29 is 13.2 Å². The van der Waals surface area contributed by atoms with Crippen LogP contribution in [-0.4, -0.2) is 37.5 Å². The Hall–Kier alpha value is -1.40. The van der Waals surface area contributed by atoms with Gasteiger partial charge in [0.15, 0.2) is 0 Å². The van der Waals surface area contributed by atoms with E-state index in [4.69, 9.17) is 0 Å². The number of carbonyl (C=O) groups is 1. The van der Waals surface area contributed by atoms with Gasteiger partial charge in [-0.3, -0.25) is 4.79 Å². The summed E-state index contributed by atoms with van der Waals surface area (Å²) in [7, 11) is -3.43. The van der Waals surface area contributed by atoms with Crippen LogP contribution >= 0.6 is 0 Å².